The van der Waals surface area contributed by atoms with Gasteiger partial charge in [-0.15, -0.1) is 0 Å². The van der Waals surface area contributed by atoms with Gasteiger partial charge >= 0.3 is 0 Å². The SMILES string of the molecule is C[C@@H]1CCC2=C1C(N1CCN(C(=O)[C@@H](c3cccc4ccccc34)[C@@H]3CCC(C)(C)N3)CC1)=NC=NC2. The number of nitrogens with zero attached hydrogens (tertiary/aromatic N) is 4. The second-order valence-electron chi connectivity index (χ2n) is 11.9. The molecule has 194 valence electrons. The molecule has 1 amide bonds. The van der Waals surface area contributed by atoms with Gasteiger partial charge in [-0.05, 0) is 72.9 Å². The van der Waals surface area contributed by atoms with Crippen molar-refractivity contribution in [2.75, 3.05) is 32.7 Å². The Balaban J connectivity index is 1.26. The second kappa shape index (κ2) is 9.71. The third-order valence-electron chi connectivity index (χ3n) is 8.91. The number of rotatable bonds is 3. The van der Waals surface area contributed by atoms with Crippen molar-refractivity contribution in [3.63, 3.8) is 0 Å². The van der Waals surface area contributed by atoms with Crippen molar-refractivity contribution in [2.45, 2.75) is 64.0 Å². The van der Waals surface area contributed by atoms with E-state index in [2.05, 4.69) is 83.3 Å². The van der Waals surface area contributed by atoms with Gasteiger partial charge in [-0.2, -0.15) is 0 Å². The molecule has 6 rings (SSSR count). The maximum Gasteiger partial charge on any atom is 0.231 e. The zero-order valence-corrected chi connectivity index (χ0v) is 22.4. The predicted molar refractivity (Wildman–Crippen MR) is 151 cm³/mol. The molecule has 0 radical (unpaired) electrons. The first kappa shape index (κ1) is 24.4. The minimum atomic E-state index is -0.189. The number of carbonyl (C=O) groups is 1. The van der Waals surface area contributed by atoms with Crippen molar-refractivity contribution in [3.05, 3.63) is 59.2 Å². The number of benzene rings is 2. The molecule has 0 saturated carbocycles. The van der Waals surface area contributed by atoms with Gasteiger partial charge in [0.25, 0.3) is 0 Å². The maximum absolute atomic E-state index is 14.3. The zero-order chi connectivity index (χ0) is 25.6. The fourth-order valence-electron chi connectivity index (χ4n) is 6.92. The Kier molecular flexibility index (Phi) is 6.39. The largest absolute Gasteiger partial charge is 0.353 e. The van der Waals surface area contributed by atoms with Crippen LogP contribution in [0.1, 0.15) is 57.9 Å². The number of fused-ring (bicyclic) bond motifs is 1. The van der Waals surface area contributed by atoms with Gasteiger partial charge in [0.05, 0.1) is 12.5 Å². The maximum atomic E-state index is 14.3. The van der Waals surface area contributed by atoms with Crippen LogP contribution in [0.15, 0.2) is 63.6 Å². The van der Waals surface area contributed by atoms with E-state index in [0.717, 1.165) is 63.4 Å². The summed E-state index contributed by atoms with van der Waals surface area (Å²) in [4.78, 5) is 28.1. The average Bonchev–Trinajstić information content (AvgIpc) is 3.36. The number of carbonyl (C=O) groups excluding carboxylic acids is 1. The molecule has 0 aromatic heterocycles. The standard InChI is InChI=1S/C31H39N5O/c1-21-11-12-23-19-32-20-33-29(27(21)23)35-15-17-36(18-16-35)30(37)28(26-13-14-31(2,3)34-26)25-10-6-8-22-7-4-5-9-24(22)25/h4-10,20-21,26,28,34H,11-19H2,1-3H3/t21-,26+,28+/m1/s1. The number of amides is 1. The van der Waals surface area contributed by atoms with Crippen LogP contribution >= 0.6 is 0 Å². The molecule has 37 heavy (non-hydrogen) atoms. The summed E-state index contributed by atoms with van der Waals surface area (Å²) < 4.78 is 0. The lowest BCUT2D eigenvalue weighted by molar-refractivity contribution is -0.134. The second-order valence-corrected chi connectivity index (χ2v) is 11.9. The molecule has 6 heteroatoms. The van der Waals surface area contributed by atoms with Gasteiger partial charge in [0, 0.05) is 37.8 Å². The van der Waals surface area contributed by atoms with E-state index < -0.39 is 0 Å². The first-order chi connectivity index (χ1) is 17.9. The third kappa shape index (κ3) is 4.61. The molecule has 1 aliphatic carbocycles. The van der Waals surface area contributed by atoms with Crippen LogP contribution < -0.4 is 5.32 Å². The van der Waals surface area contributed by atoms with Crippen molar-refractivity contribution in [3.8, 4) is 0 Å². The topological polar surface area (TPSA) is 60.3 Å². The molecule has 3 aliphatic heterocycles. The number of hydrogen-bond acceptors (Lipinski definition) is 5. The van der Waals surface area contributed by atoms with E-state index in [4.69, 9.17) is 4.99 Å². The molecule has 3 atom stereocenters. The molecule has 3 heterocycles. The molecule has 0 bridgehead atoms. The van der Waals surface area contributed by atoms with Crippen LogP contribution in [0.25, 0.3) is 10.8 Å². The van der Waals surface area contributed by atoms with Crippen LogP contribution in [0.2, 0.25) is 0 Å². The summed E-state index contributed by atoms with van der Waals surface area (Å²) in [5.74, 6) is 1.69. The molecule has 4 aliphatic rings. The number of hydrogen-bond donors (Lipinski definition) is 1. The lowest BCUT2D eigenvalue weighted by atomic mass is 9.85. The van der Waals surface area contributed by atoms with E-state index in [1.165, 1.54) is 28.3 Å². The highest BCUT2D eigenvalue weighted by atomic mass is 16.2. The summed E-state index contributed by atoms with van der Waals surface area (Å²) in [5.41, 5.74) is 4.06. The molecule has 2 aromatic rings. The molecule has 2 aromatic carbocycles. The number of piperazine rings is 1. The molecule has 2 saturated heterocycles. The molecule has 6 nitrogen and oxygen atoms in total. The smallest absolute Gasteiger partial charge is 0.231 e. The summed E-state index contributed by atoms with van der Waals surface area (Å²) in [6, 6.07) is 15.0. The van der Waals surface area contributed by atoms with Gasteiger partial charge < -0.3 is 15.1 Å². The first-order valence-electron chi connectivity index (χ1n) is 14.0. The monoisotopic (exact) mass is 497 g/mol. The Bertz CT molecular complexity index is 1280. The van der Waals surface area contributed by atoms with Crippen LogP contribution in [0.3, 0.4) is 0 Å². The van der Waals surface area contributed by atoms with E-state index >= 15 is 0 Å². The van der Waals surface area contributed by atoms with Gasteiger partial charge in [0.15, 0.2) is 0 Å². The Hall–Kier alpha value is -2.99. The number of amidine groups is 1. The van der Waals surface area contributed by atoms with Crippen LogP contribution in [0.4, 0.5) is 0 Å². The summed E-state index contributed by atoms with van der Waals surface area (Å²) in [6.07, 6.45) is 6.15. The third-order valence-corrected chi connectivity index (χ3v) is 8.91. The van der Waals surface area contributed by atoms with Crippen molar-refractivity contribution in [1.29, 1.82) is 0 Å². The van der Waals surface area contributed by atoms with Gasteiger partial charge in [0.1, 0.15) is 12.2 Å². The Morgan fingerprint density at radius 1 is 1.05 bits per heavy atom. The van der Waals surface area contributed by atoms with Crippen LogP contribution in [0.5, 0.6) is 0 Å². The van der Waals surface area contributed by atoms with E-state index in [0.29, 0.717) is 5.92 Å². The van der Waals surface area contributed by atoms with E-state index in [9.17, 15) is 4.79 Å². The molecule has 1 N–H and O–H groups in total. The van der Waals surface area contributed by atoms with E-state index in [-0.39, 0.29) is 23.4 Å². The van der Waals surface area contributed by atoms with E-state index in [1.54, 1.807) is 6.34 Å². The average molecular weight is 498 g/mol. The van der Waals surface area contributed by atoms with Gasteiger partial charge in [-0.25, -0.2) is 4.99 Å². The fraction of sp³-hybridized carbons (Fsp3) is 0.516. The van der Waals surface area contributed by atoms with Gasteiger partial charge in [-0.1, -0.05) is 49.4 Å². The molecule has 2 fully saturated rings. The summed E-state index contributed by atoms with van der Waals surface area (Å²) in [5, 5.41) is 6.20. The first-order valence-corrected chi connectivity index (χ1v) is 14.0. The molecule has 0 unspecified atom stereocenters. The predicted octanol–water partition coefficient (Wildman–Crippen LogP) is 4.77. The summed E-state index contributed by atoms with van der Waals surface area (Å²) in [7, 11) is 0. The van der Waals surface area contributed by atoms with Gasteiger partial charge in [0.2, 0.25) is 5.91 Å². The Morgan fingerprint density at radius 3 is 2.62 bits per heavy atom. The Morgan fingerprint density at radius 2 is 1.84 bits per heavy atom. The minimum Gasteiger partial charge on any atom is -0.353 e. The van der Waals surface area contributed by atoms with E-state index in [1.807, 2.05) is 0 Å². The highest BCUT2D eigenvalue weighted by Crippen LogP contribution is 2.37. The molecular formula is C31H39N5O. The quantitative estimate of drug-likeness (QED) is 0.665. The highest BCUT2D eigenvalue weighted by Gasteiger charge is 2.41. The summed E-state index contributed by atoms with van der Waals surface area (Å²) in [6.45, 7) is 10.7. The fourth-order valence-corrected chi connectivity index (χ4v) is 6.92. The minimum absolute atomic E-state index is 0.0507. The summed E-state index contributed by atoms with van der Waals surface area (Å²) >= 11 is 0. The van der Waals surface area contributed by atoms with Crippen molar-refractivity contribution in [1.82, 2.24) is 15.1 Å². The zero-order valence-electron chi connectivity index (χ0n) is 22.4. The number of aliphatic imine (C=N–C) groups is 2. The molecular weight excluding hydrogens is 458 g/mol. The Labute approximate surface area is 220 Å². The lowest BCUT2D eigenvalue weighted by Crippen LogP contribution is -2.54. The van der Waals surface area contributed by atoms with Crippen molar-refractivity contribution in [2.24, 2.45) is 15.9 Å². The lowest BCUT2D eigenvalue weighted by Gasteiger charge is -2.40. The van der Waals surface area contributed by atoms with Crippen molar-refractivity contribution < 1.29 is 4.79 Å². The highest BCUT2D eigenvalue weighted by molar-refractivity contribution is 6.04. The van der Waals surface area contributed by atoms with Crippen molar-refractivity contribution >= 4 is 28.9 Å². The van der Waals surface area contributed by atoms with Gasteiger partial charge in [-0.3, -0.25) is 9.79 Å². The molecule has 0 spiro atoms. The van der Waals surface area contributed by atoms with Crippen LogP contribution in [-0.2, 0) is 4.79 Å². The normalized spacial score (nSPS) is 26.3. The number of nitrogens with one attached hydrogen (secondary N) is 1. The van der Waals surface area contributed by atoms with Crippen LogP contribution in [-0.4, -0.2) is 72.2 Å². The van der Waals surface area contributed by atoms with Crippen LogP contribution in [0, 0.1) is 5.92 Å².